The Morgan fingerprint density at radius 2 is 1.62 bits per heavy atom. The zero-order valence-electron chi connectivity index (χ0n) is 9.51. The van der Waals surface area contributed by atoms with Crippen molar-refractivity contribution in [1.29, 1.82) is 0 Å². The zero-order valence-corrected chi connectivity index (χ0v) is 10.3. The van der Waals surface area contributed by atoms with E-state index in [9.17, 15) is 0 Å². The van der Waals surface area contributed by atoms with E-state index in [0.717, 1.165) is 0 Å². The molecule has 1 nitrogen and oxygen atoms in total. The van der Waals surface area contributed by atoms with E-state index in [1.54, 1.807) is 0 Å². The molecule has 0 aromatic heterocycles. The lowest BCUT2D eigenvalue weighted by Crippen LogP contribution is -2.23. The summed E-state index contributed by atoms with van der Waals surface area (Å²) in [5.41, 5.74) is 0. The van der Waals surface area contributed by atoms with E-state index in [1.807, 2.05) is 0 Å². The van der Waals surface area contributed by atoms with Gasteiger partial charge < -0.3 is 4.90 Å². The molecule has 0 amide bonds. The lowest BCUT2D eigenvalue weighted by molar-refractivity contribution is 0.296. The van der Waals surface area contributed by atoms with Gasteiger partial charge in [0.15, 0.2) is 0 Å². The summed E-state index contributed by atoms with van der Waals surface area (Å²) < 4.78 is 0. The molecule has 0 aromatic rings. The molecule has 0 rings (SSSR count). The number of unbranched alkanes of at least 4 members (excludes halogenated alkanes) is 2. The van der Waals surface area contributed by atoms with Crippen LogP contribution in [0.4, 0.5) is 0 Å². The van der Waals surface area contributed by atoms with Gasteiger partial charge in [-0.15, -0.1) is 0 Å². The predicted octanol–water partition coefficient (Wildman–Crippen LogP) is 3.25. The highest BCUT2D eigenvalue weighted by Gasteiger charge is 1.97. The van der Waals surface area contributed by atoms with E-state index < -0.39 is 0 Å². The molecular weight excluding hydrogens is 178 g/mol. The number of nitrogens with zero attached hydrogens (tertiary/aromatic N) is 1. The maximum atomic E-state index is 2.51. The van der Waals surface area contributed by atoms with Gasteiger partial charge in [0.25, 0.3) is 0 Å². The van der Waals surface area contributed by atoms with Crippen molar-refractivity contribution in [2.75, 3.05) is 31.1 Å². The van der Waals surface area contributed by atoms with Gasteiger partial charge in [-0.1, -0.05) is 27.2 Å². The van der Waals surface area contributed by atoms with Gasteiger partial charge in [-0.3, -0.25) is 0 Å². The molecule has 0 aliphatic carbocycles. The number of hydrogen-bond donors (Lipinski definition) is 0. The van der Waals surface area contributed by atoms with Crippen LogP contribution < -0.4 is 0 Å². The van der Waals surface area contributed by atoms with Crippen LogP contribution in [0.1, 0.15) is 40.0 Å². The summed E-state index contributed by atoms with van der Waals surface area (Å²) in [4.78, 5) is 2.51. The van der Waals surface area contributed by atoms with Crippen molar-refractivity contribution in [2.24, 2.45) is 0 Å². The fourth-order valence-corrected chi connectivity index (χ4v) is 2.10. The molecule has 0 aliphatic heterocycles. The molecule has 0 heterocycles. The number of thioether (sulfide) groups is 1. The minimum absolute atomic E-state index is 1.21. The van der Waals surface area contributed by atoms with E-state index in [4.69, 9.17) is 0 Å². The maximum absolute atomic E-state index is 2.51. The molecule has 0 atom stereocenters. The molecule has 0 saturated carbocycles. The molecule has 0 unspecified atom stereocenters. The van der Waals surface area contributed by atoms with Crippen LogP contribution in [0.2, 0.25) is 0 Å². The van der Waals surface area contributed by atoms with Gasteiger partial charge in [-0.2, -0.15) is 11.8 Å². The van der Waals surface area contributed by atoms with Gasteiger partial charge in [-0.05, 0) is 44.0 Å². The van der Waals surface area contributed by atoms with Crippen molar-refractivity contribution < 1.29 is 0 Å². The average molecular weight is 203 g/mol. The second-order valence-corrected chi connectivity index (χ2v) is 4.68. The van der Waals surface area contributed by atoms with Crippen molar-refractivity contribution in [2.45, 2.75) is 40.0 Å². The van der Waals surface area contributed by atoms with Crippen molar-refractivity contribution in [3.63, 3.8) is 0 Å². The summed E-state index contributed by atoms with van der Waals surface area (Å²) in [7, 11) is 0. The topological polar surface area (TPSA) is 3.24 Å². The SMILES string of the molecule is CCSCCCCCN(CC)CC. The highest BCUT2D eigenvalue weighted by atomic mass is 32.2. The first kappa shape index (κ1) is 13.3. The highest BCUT2D eigenvalue weighted by Crippen LogP contribution is 2.05. The third-order valence-electron chi connectivity index (χ3n) is 2.36. The second-order valence-electron chi connectivity index (χ2n) is 3.28. The van der Waals surface area contributed by atoms with Crippen LogP contribution in [-0.2, 0) is 0 Å². The number of hydrogen-bond acceptors (Lipinski definition) is 2. The summed E-state index contributed by atoms with van der Waals surface area (Å²) in [5.74, 6) is 2.63. The minimum Gasteiger partial charge on any atom is -0.304 e. The Balaban J connectivity index is 3.05. The standard InChI is InChI=1S/C11H25NS/c1-4-12(5-2)10-8-7-9-11-13-6-3/h4-11H2,1-3H3. The largest absolute Gasteiger partial charge is 0.304 e. The Kier molecular flexibility index (Phi) is 10.6. The minimum atomic E-state index is 1.21. The summed E-state index contributed by atoms with van der Waals surface area (Å²) in [6.45, 7) is 10.4. The summed E-state index contributed by atoms with van der Waals surface area (Å²) in [6.07, 6.45) is 4.19. The van der Waals surface area contributed by atoms with E-state index in [1.165, 1.54) is 50.4 Å². The first-order valence-corrected chi connectivity index (χ1v) is 6.80. The summed E-state index contributed by atoms with van der Waals surface area (Å²) in [5, 5.41) is 0. The normalized spacial score (nSPS) is 11.1. The first-order chi connectivity index (χ1) is 6.35. The Morgan fingerprint density at radius 3 is 2.15 bits per heavy atom. The Hall–Kier alpha value is 0.310. The fraction of sp³-hybridized carbons (Fsp3) is 1.00. The maximum Gasteiger partial charge on any atom is -0.00190 e. The second kappa shape index (κ2) is 10.4. The van der Waals surface area contributed by atoms with E-state index in [2.05, 4.69) is 37.4 Å². The Labute approximate surface area is 88.3 Å². The third-order valence-corrected chi connectivity index (χ3v) is 3.35. The van der Waals surface area contributed by atoms with Gasteiger partial charge in [0.1, 0.15) is 0 Å². The van der Waals surface area contributed by atoms with Crippen LogP contribution in [0.15, 0.2) is 0 Å². The molecule has 0 aliphatic rings. The van der Waals surface area contributed by atoms with Crippen molar-refractivity contribution in [3.05, 3.63) is 0 Å². The Morgan fingerprint density at radius 1 is 0.923 bits per heavy atom. The third kappa shape index (κ3) is 8.63. The van der Waals surface area contributed by atoms with Crippen LogP contribution in [0.3, 0.4) is 0 Å². The molecule has 0 bridgehead atoms. The monoisotopic (exact) mass is 203 g/mol. The zero-order chi connectivity index (χ0) is 9.94. The van der Waals surface area contributed by atoms with Crippen molar-refractivity contribution >= 4 is 11.8 Å². The molecule has 2 heteroatoms. The number of rotatable bonds is 9. The quantitative estimate of drug-likeness (QED) is 0.529. The molecule has 0 radical (unpaired) electrons. The van der Waals surface area contributed by atoms with E-state index in [-0.39, 0.29) is 0 Å². The van der Waals surface area contributed by atoms with Crippen molar-refractivity contribution in [3.8, 4) is 0 Å². The van der Waals surface area contributed by atoms with Crippen LogP contribution >= 0.6 is 11.8 Å². The molecular formula is C11H25NS. The van der Waals surface area contributed by atoms with Crippen LogP contribution in [0.25, 0.3) is 0 Å². The van der Waals surface area contributed by atoms with Gasteiger partial charge in [-0.25, -0.2) is 0 Å². The molecule has 80 valence electrons. The van der Waals surface area contributed by atoms with Crippen LogP contribution in [0.5, 0.6) is 0 Å². The summed E-state index contributed by atoms with van der Waals surface area (Å²) in [6, 6.07) is 0. The first-order valence-electron chi connectivity index (χ1n) is 5.65. The average Bonchev–Trinajstić information content (AvgIpc) is 2.17. The Bertz CT molecular complexity index is 92.1. The summed E-state index contributed by atoms with van der Waals surface area (Å²) >= 11 is 2.06. The van der Waals surface area contributed by atoms with Gasteiger partial charge in [0, 0.05) is 0 Å². The highest BCUT2D eigenvalue weighted by molar-refractivity contribution is 7.99. The lowest BCUT2D eigenvalue weighted by atomic mass is 10.2. The predicted molar refractivity (Wildman–Crippen MR) is 64.6 cm³/mol. The molecule has 0 saturated heterocycles. The van der Waals surface area contributed by atoms with Crippen molar-refractivity contribution in [1.82, 2.24) is 4.90 Å². The van der Waals surface area contributed by atoms with Crippen LogP contribution in [0, 0.1) is 0 Å². The van der Waals surface area contributed by atoms with E-state index in [0.29, 0.717) is 0 Å². The lowest BCUT2D eigenvalue weighted by Gasteiger charge is -2.17. The van der Waals surface area contributed by atoms with Gasteiger partial charge in [0.05, 0.1) is 0 Å². The molecule has 0 N–H and O–H groups in total. The smallest absolute Gasteiger partial charge is 0.00190 e. The fourth-order valence-electron chi connectivity index (χ4n) is 1.40. The van der Waals surface area contributed by atoms with E-state index >= 15 is 0 Å². The van der Waals surface area contributed by atoms with Gasteiger partial charge >= 0.3 is 0 Å². The molecule has 0 aromatic carbocycles. The van der Waals surface area contributed by atoms with Gasteiger partial charge in [0.2, 0.25) is 0 Å². The molecule has 0 fully saturated rings. The van der Waals surface area contributed by atoms with Crippen LogP contribution in [-0.4, -0.2) is 36.0 Å². The molecule has 0 spiro atoms. The molecule has 13 heavy (non-hydrogen) atoms.